The molecule has 0 bridgehead atoms. The number of hydrogen-bond acceptors (Lipinski definition) is 5. The molecule has 0 spiro atoms. The average Bonchev–Trinajstić information content (AvgIpc) is 2.58. The van der Waals surface area contributed by atoms with Crippen LogP contribution in [0.15, 0.2) is 0 Å². The minimum absolute atomic E-state index is 0.0916. The molecule has 0 saturated heterocycles. The first-order chi connectivity index (χ1) is 14.5. The lowest BCUT2D eigenvalue weighted by Gasteiger charge is -2.37. The van der Waals surface area contributed by atoms with Gasteiger partial charge < -0.3 is 14.9 Å². The maximum Gasteiger partial charge on any atom is 0.460 e. The molecule has 0 saturated carbocycles. The summed E-state index contributed by atoms with van der Waals surface area (Å²) in [6.45, 7) is 0. The molecule has 0 unspecified atom stereocenters. The van der Waals surface area contributed by atoms with Crippen LogP contribution in [-0.2, 0) is 18.9 Å². The third-order valence-electron chi connectivity index (χ3n) is 3.62. The Labute approximate surface area is 175 Å². The Morgan fingerprint density at radius 2 is 0.912 bits per heavy atom. The van der Waals surface area contributed by atoms with Crippen molar-refractivity contribution >= 4 is 25.1 Å². The van der Waals surface area contributed by atoms with E-state index < -0.39 is 73.0 Å². The summed E-state index contributed by atoms with van der Waals surface area (Å²) in [4.78, 5) is 51.6. The highest BCUT2D eigenvalue weighted by molar-refractivity contribution is 7.51. The molecule has 0 aliphatic rings. The van der Waals surface area contributed by atoms with E-state index in [1.807, 2.05) is 0 Å². The summed E-state index contributed by atoms with van der Waals surface area (Å²) in [6.07, 6.45) is -18.0. The molecule has 0 amide bonds. The molecule has 0 fully saturated rings. The number of alkyl halides is 14. The topological polar surface area (TPSA) is 141 Å². The van der Waals surface area contributed by atoms with Crippen LogP contribution in [0.3, 0.4) is 0 Å². The van der Waals surface area contributed by atoms with Crippen LogP contribution in [0, 0.1) is 0 Å². The van der Waals surface area contributed by atoms with Gasteiger partial charge in [0.25, 0.3) is 0 Å². The van der Waals surface area contributed by atoms with Gasteiger partial charge in [0.2, 0.25) is 17.1 Å². The summed E-state index contributed by atoms with van der Waals surface area (Å²) in [5.74, 6) is -44.9. The highest BCUT2D eigenvalue weighted by Crippen LogP contribution is 2.52. The van der Waals surface area contributed by atoms with Gasteiger partial charge in [0.15, 0.2) is 0 Å². The third-order valence-corrected chi connectivity index (χ3v) is 4.19. The Hall–Kier alpha value is -2.06. The van der Waals surface area contributed by atoms with E-state index in [2.05, 4.69) is 0 Å². The first-order valence-electron chi connectivity index (χ1n) is 7.23. The second kappa shape index (κ2) is 8.55. The number of aliphatic carboxylic acids is 1. The number of nitrogens with one attached hydrogen (secondary N) is 1. The van der Waals surface area contributed by atoms with E-state index in [1.54, 1.807) is 0 Å². The fraction of sp³-hybridized carbons (Fsp3) is 0.727. The first-order valence-corrected chi connectivity index (χ1v) is 9.03. The number of carboxylic acids is 1. The van der Waals surface area contributed by atoms with Gasteiger partial charge in [-0.3, -0.25) is 19.5 Å². The lowest BCUT2D eigenvalue weighted by molar-refractivity contribution is -0.347. The zero-order valence-electron chi connectivity index (χ0n) is 14.9. The average molecular weight is 561 g/mol. The summed E-state index contributed by atoms with van der Waals surface area (Å²) in [5, 5.41) is 8.66. The summed E-state index contributed by atoms with van der Waals surface area (Å²) in [7, 11) is -6.12. The first kappa shape index (κ1) is 31.9. The van der Waals surface area contributed by atoms with Crippen LogP contribution in [0.1, 0.15) is 0 Å². The van der Waals surface area contributed by atoms with Gasteiger partial charge in [0, 0.05) is 0 Å². The lowest BCUT2D eigenvalue weighted by atomic mass is 9.79. The van der Waals surface area contributed by atoms with Gasteiger partial charge in [0.05, 0.1) is 0 Å². The van der Waals surface area contributed by atoms with E-state index in [9.17, 15) is 80.4 Å². The van der Waals surface area contributed by atoms with Gasteiger partial charge in [-0.15, -0.1) is 0 Å². The standard InChI is InChI=1S/C11H6F14NO7P/c12-6(13,8(16,17)10(20,21)22)2(27)5(4(29)30,26-1-34(31,32)33)3(28)7(14,15)9(18,19)11(23,24)25/h26H,1H2,(H,29,30)(H2,31,32,33). The van der Waals surface area contributed by atoms with Crippen LogP contribution in [0.25, 0.3) is 0 Å². The maximum absolute atomic E-state index is 13.7. The zero-order chi connectivity index (χ0) is 28.1. The molecule has 0 radical (unpaired) electrons. The number of halogens is 14. The van der Waals surface area contributed by atoms with Crippen LogP contribution < -0.4 is 5.32 Å². The van der Waals surface area contributed by atoms with Crippen molar-refractivity contribution < 1.29 is 95.3 Å². The molecular formula is C11H6F14NO7P. The lowest BCUT2D eigenvalue weighted by Crippen LogP contribution is -2.76. The Kier molecular flexibility index (Phi) is 8.04. The van der Waals surface area contributed by atoms with Crippen molar-refractivity contribution in [3.05, 3.63) is 0 Å². The van der Waals surface area contributed by atoms with E-state index in [0.29, 0.717) is 0 Å². The van der Waals surface area contributed by atoms with Gasteiger partial charge in [-0.25, -0.2) is 4.79 Å². The molecule has 0 aromatic heterocycles. The van der Waals surface area contributed by atoms with Gasteiger partial charge in [-0.1, -0.05) is 0 Å². The van der Waals surface area contributed by atoms with Crippen molar-refractivity contribution in [1.82, 2.24) is 5.32 Å². The molecule has 8 nitrogen and oxygen atoms in total. The predicted octanol–water partition coefficient (Wildman–Crippen LogP) is 2.34. The third kappa shape index (κ3) is 4.98. The summed E-state index contributed by atoms with van der Waals surface area (Å²) in [5.41, 5.74) is -6.32. The van der Waals surface area contributed by atoms with Gasteiger partial charge in [-0.05, 0) is 0 Å². The number of carboxylic acid groups (broad SMARTS) is 1. The van der Waals surface area contributed by atoms with Crippen LogP contribution in [-0.4, -0.2) is 80.3 Å². The molecule has 0 aliphatic heterocycles. The van der Waals surface area contributed by atoms with Crippen molar-refractivity contribution in [2.45, 2.75) is 41.6 Å². The molecule has 4 N–H and O–H groups in total. The van der Waals surface area contributed by atoms with Crippen LogP contribution in [0.2, 0.25) is 0 Å². The minimum atomic E-state index is -7.79. The fourth-order valence-corrected chi connectivity index (χ4v) is 2.31. The molecule has 0 rings (SSSR count). The molecule has 0 heterocycles. The zero-order valence-corrected chi connectivity index (χ0v) is 15.8. The van der Waals surface area contributed by atoms with Crippen LogP contribution in [0.5, 0.6) is 0 Å². The van der Waals surface area contributed by atoms with E-state index in [1.165, 1.54) is 0 Å². The summed E-state index contributed by atoms with van der Waals surface area (Å²) < 4.78 is 192. The molecule has 34 heavy (non-hydrogen) atoms. The van der Waals surface area contributed by atoms with Crippen molar-refractivity contribution in [3.8, 4) is 0 Å². The van der Waals surface area contributed by atoms with Gasteiger partial charge in [-0.2, -0.15) is 61.5 Å². The maximum atomic E-state index is 13.7. The van der Waals surface area contributed by atoms with Crippen LogP contribution >= 0.6 is 7.60 Å². The molecule has 0 aromatic rings. The fourth-order valence-electron chi connectivity index (χ4n) is 1.87. The van der Waals surface area contributed by atoms with Crippen molar-refractivity contribution in [3.63, 3.8) is 0 Å². The summed E-state index contributed by atoms with van der Waals surface area (Å²) in [6, 6.07) is 0. The Balaban J connectivity index is 7.41. The Bertz CT molecular complexity index is 839. The number of rotatable bonds is 10. The van der Waals surface area contributed by atoms with E-state index >= 15 is 0 Å². The predicted molar refractivity (Wildman–Crippen MR) is 72.3 cm³/mol. The van der Waals surface area contributed by atoms with E-state index in [4.69, 9.17) is 14.9 Å². The molecule has 23 heteroatoms. The quantitative estimate of drug-likeness (QED) is 0.181. The Morgan fingerprint density at radius 3 is 1.09 bits per heavy atom. The second-order valence-corrected chi connectivity index (χ2v) is 7.65. The highest BCUT2D eigenvalue weighted by Gasteiger charge is 2.84. The van der Waals surface area contributed by atoms with Gasteiger partial charge >= 0.3 is 49.6 Å². The molecule has 200 valence electrons. The molecule has 0 aromatic carbocycles. The van der Waals surface area contributed by atoms with Crippen LogP contribution in [0.4, 0.5) is 61.5 Å². The monoisotopic (exact) mass is 561 g/mol. The van der Waals surface area contributed by atoms with Crippen molar-refractivity contribution in [2.24, 2.45) is 0 Å². The van der Waals surface area contributed by atoms with Gasteiger partial charge in [0.1, 0.15) is 6.29 Å². The van der Waals surface area contributed by atoms with Crippen molar-refractivity contribution in [2.75, 3.05) is 6.29 Å². The number of Topliss-reactive ketones (excluding diaryl/α,β-unsaturated/α-hetero) is 2. The Morgan fingerprint density at radius 1 is 0.647 bits per heavy atom. The normalized spacial score (nSPS) is 15.3. The van der Waals surface area contributed by atoms with E-state index in [0.717, 1.165) is 0 Å². The number of hydrogen-bond donors (Lipinski definition) is 4. The number of carbonyl (C=O) groups is 3. The van der Waals surface area contributed by atoms with E-state index in [-0.39, 0.29) is 5.32 Å². The molecule has 0 aliphatic carbocycles. The summed E-state index contributed by atoms with van der Waals surface area (Å²) >= 11 is 0. The highest BCUT2D eigenvalue weighted by atomic mass is 31.2. The largest absolute Gasteiger partial charge is 0.479 e. The smallest absolute Gasteiger partial charge is 0.460 e. The minimum Gasteiger partial charge on any atom is -0.479 e. The SMILES string of the molecule is O=C(O)C(NCP(=O)(O)O)(C(=O)C(F)(F)C(F)(F)C(F)(F)F)C(=O)C(F)(F)C(F)(F)C(F)(F)F. The van der Waals surface area contributed by atoms with Crippen molar-refractivity contribution in [1.29, 1.82) is 0 Å². The number of ketones is 2. The second-order valence-electron chi connectivity index (χ2n) is 6.01. The number of carbonyl (C=O) groups excluding carboxylic acids is 2. The molecular weight excluding hydrogens is 555 g/mol. The molecule has 0 atom stereocenters.